The van der Waals surface area contributed by atoms with Crippen molar-refractivity contribution in [2.24, 2.45) is 5.10 Å². The van der Waals surface area contributed by atoms with Gasteiger partial charge in [0.1, 0.15) is 11.7 Å². The highest BCUT2D eigenvalue weighted by molar-refractivity contribution is 6.32. The van der Waals surface area contributed by atoms with Crippen LogP contribution in [0.15, 0.2) is 47.7 Å². The number of para-hydroxylation sites is 1. The maximum Gasteiger partial charge on any atom is 0.261 e. The smallest absolute Gasteiger partial charge is 0.261 e. The van der Waals surface area contributed by atoms with Crippen LogP contribution in [0.4, 0.5) is 0 Å². The molecule has 2 aromatic heterocycles. The first kappa shape index (κ1) is 16.9. The van der Waals surface area contributed by atoms with Gasteiger partial charge >= 0.3 is 0 Å². The second kappa shape index (κ2) is 7.31. The van der Waals surface area contributed by atoms with Crippen molar-refractivity contribution >= 4 is 23.7 Å². The van der Waals surface area contributed by atoms with Crippen LogP contribution in [-0.4, -0.2) is 31.7 Å². The van der Waals surface area contributed by atoms with Gasteiger partial charge in [0.15, 0.2) is 0 Å². The summed E-state index contributed by atoms with van der Waals surface area (Å²) in [7, 11) is 0. The first-order valence-electron chi connectivity index (χ1n) is 7.67. The molecule has 25 heavy (non-hydrogen) atoms. The summed E-state index contributed by atoms with van der Waals surface area (Å²) in [4.78, 5) is 11.9. The minimum Gasteiger partial charge on any atom is -0.271 e. The largest absolute Gasteiger partial charge is 0.271 e. The molecule has 0 fully saturated rings. The molecule has 2 heterocycles. The van der Waals surface area contributed by atoms with Crippen LogP contribution in [0.1, 0.15) is 17.0 Å². The van der Waals surface area contributed by atoms with E-state index >= 15 is 0 Å². The van der Waals surface area contributed by atoms with Crippen LogP contribution >= 0.6 is 11.6 Å². The van der Waals surface area contributed by atoms with Gasteiger partial charge in [-0.3, -0.25) is 9.48 Å². The molecule has 0 saturated heterocycles. The average molecular weight is 357 g/mol. The van der Waals surface area contributed by atoms with E-state index in [4.69, 9.17) is 11.6 Å². The topological polar surface area (TPSA) is 77.1 Å². The SMILES string of the molecule is Cc1nn(-c2ccccc2)c(Cl)c1/C=N\NC(=O)Cn1nccc1C. The normalized spacial score (nSPS) is 11.2. The van der Waals surface area contributed by atoms with E-state index in [-0.39, 0.29) is 12.5 Å². The Morgan fingerprint density at radius 2 is 2.04 bits per heavy atom. The minimum atomic E-state index is -0.271. The van der Waals surface area contributed by atoms with Crippen molar-refractivity contribution in [3.05, 3.63) is 64.7 Å². The van der Waals surface area contributed by atoms with Gasteiger partial charge in [0.2, 0.25) is 0 Å². The van der Waals surface area contributed by atoms with E-state index in [2.05, 4.69) is 20.7 Å². The lowest BCUT2D eigenvalue weighted by Crippen LogP contribution is -2.24. The molecule has 3 aromatic rings. The van der Waals surface area contributed by atoms with Gasteiger partial charge in [0, 0.05) is 11.9 Å². The van der Waals surface area contributed by atoms with E-state index in [0.717, 1.165) is 17.1 Å². The van der Waals surface area contributed by atoms with Crippen molar-refractivity contribution in [3.63, 3.8) is 0 Å². The lowest BCUT2D eigenvalue weighted by molar-refractivity contribution is -0.121. The number of aryl methyl sites for hydroxylation is 2. The first-order valence-corrected chi connectivity index (χ1v) is 8.05. The van der Waals surface area contributed by atoms with Crippen LogP contribution < -0.4 is 5.43 Å². The van der Waals surface area contributed by atoms with E-state index in [1.165, 1.54) is 6.21 Å². The zero-order valence-electron chi connectivity index (χ0n) is 13.8. The molecule has 0 aliphatic rings. The van der Waals surface area contributed by atoms with Crippen LogP contribution in [0.2, 0.25) is 5.15 Å². The van der Waals surface area contributed by atoms with Crippen LogP contribution in [0.25, 0.3) is 5.69 Å². The number of aromatic nitrogens is 4. The molecule has 0 aliphatic carbocycles. The van der Waals surface area contributed by atoms with Crippen LogP contribution in [0, 0.1) is 13.8 Å². The predicted octanol–water partition coefficient (Wildman–Crippen LogP) is 2.49. The van der Waals surface area contributed by atoms with Gasteiger partial charge in [-0.2, -0.15) is 15.3 Å². The van der Waals surface area contributed by atoms with E-state index in [0.29, 0.717) is 10.7 Å². The Balaban J connectivity index is 1.70. The number of hydrogen-bond donors (Lipinski definition) is 1. The Bertz CT molecular complexity index is 913. The van der Waals surface area contributed by atoms with Crippen LogP contribution in [0.5, 0.6) is 0 Å². The van der Waals surface area contributed by atoms with Gasteiger partial charge < -0.3 is 0 Å². The van der Waals surface area contributed by atoms with E-state index < -0.39 is 0 Å². The molecule has 0 unspecified atom stereocenters. The number of rotatable bonds is 5. The molecule has 0 spiro atoms. The summed E-state index contributed by atoms with van der Waals surface area (Å²) >= 11 is 6.40. The predicted molar refractivity (Wildman–Crippen MR) is 96.0 cm³/mol. The molecular weight excluding hydrogens is 340 g/mol. The van der Waals surface area contributed by atoms with Crippen molar-refractivity contribution in [1.29, 1.82) is 0 Å². The third-order valence-corrected chi connectivity index (χ3v) is 4.02. The number of carbonyl (C=O) groups excluding carboxylic acids is 1. The summed E-state index contributed by atoms with van der Waals surface area (Å²) in [5.41, 5.74) is 5.61. The number of carbonyl (C=O) groups is 1. The molecular formula is C17H17ClN6O. The van der Waals surface area contributed by atoms with Crippen molar-refractivity contribution in [1.82, 2.24) is 25.0 Å². The zero-order valence-corrected chi connectivity index (χ0v) is 14.6. The fraction of sp³-hybridized carbons (Fsp3) is 0.176. The number of hydrogen-bond acceptors (Lipinski definition) is 4. The molecule has 0 atom stereocenters. The molecule has 7 nitrogen and oxygen atoms in total. The summed E-state index contributed by atoms with van der Waals surface area (Å²) in [5.74, 6) is -0.271. The van der Waals surface area contributed by atoms with E-state index in [9.17, 15) is 4.79 Å². The van der Waals surface area contributed by atoms with Crippen molar-refractivity contribution in [2.45, 2.75) is 20.4 Å². The molecule has 1 amide bonds. The highest BCUT2D eigenvalue weighted by Crippen LogP contribution is 2.21. The third kappa shape index (κ3) is 3.77. The van der Waals surface area contributed by atoms with Gasteiger partial charge in [0.25, 0.3) is 5.91 Å². The second-order valence-electron chi connectivity index (χ2n) is 5.46. The molecule has 0 aliphatic heterocycles. The standard InChI is InChI=1S/C17H17ClN6O/c1-12-8-9-20-23(12)11-16(25)21-19-10-15-13(2)22-24(17(15)18)14-6-4-3-5-7-14/h3-10H,11H2,1-2H3,(H,21,25)/b19-10-. The van der Waals surface area contributed by atoms with E-state index in [1.807, 2.05) is 50.2 Å². The minimum absolute atomic E-state index is 0.103. The van der Waals surface area contributed by atoms with Gasteiger partial charge in [-0.1, -0.05) is 29.8 Å². The highest BCUT2D eigenvalue weighted by atomic mass is 35.5. The summed E-state index contributed by atoms with van der Waals surface area (Å²) in [6, 6.07) is 11.4. The molecule has 0 radical (unpaired) electrons. The Morgan fingerprint density at radius 1 is 1.28 bits per heavy atom. The molecule has 1 aromatic carbocycles. The van der Waals surface area contributed by atoms with Crippen molar-refractivity contribution in [3.8, 4) is 5.69 Å². The quantitative estimate of drug-likeness (QED) is 0.563. The maximum atomic E-state index is 11.9. The number of amides is 1. The summed E-state index contributed by atoms with van der Waals surface area (Å²) < 4.78 is 3.23. The molecule has 3 rings (SSSR count). The second-order valence-corrected chi connectivity index (χ2v) is 5.82. The zero-order chi connectivity index (χ0) is 17.8. The monoisotopic (exact) mass is 356 g/mol. The number of halogens is 1. The van der Waals surface area contributed by atoms with Crippen molar-refractivity contribution < 1.29 is 4.79 Å². The van der Waals surface area contributed by atoms with E-state index in [1.54, 1.807) is 15.6 Å². The number of benzene rings is 1. The summed E-state index contributed by atoms with van der Waals surface area (Å²) in [5, 5.41) is 12.9. The fourth-order valence-corrected chi connectivity index (χ4v) is 2.62. The third-order valence-electron chi connectivity index (χ3n) is 3.65. The fourth-order valence-electron chi connectivity index (χ4n) is 2.30. The number of nitrogens with zero attached hydrogens (tertiary/aromatic N) is 5. The average Bonchev–Trinajstić information content (AvgIpc) is 3.13. The Morgan fingerprint density at radius 3 is 2.72 bits per heavy atom. The van der Waals surface area contributed by atoms with Gasteiger partial charge in [-0.15, -0.1) is 0 Å². The molecule has 0 bridgehead atoms. The Kier molecular flexibility index (Phi) is 4.95. The van der Waals surface area contributed by atoms with Gasteiger partial charge in [-0.25, -0.2) is 10.1 Å². The van der Waals surface area contributed by atoms with Gasteiger partial charge in [0.05, 0.1) is 23.2 Å². The first-order chi connectivity index (χ1) is 12.1. The maximum absolute atomic E-state index is 11.9. The number of nitrogens with one attached hydrogen (secondary N) is 1. The molecule has 128 valence electrons. The Labute approximate surface area is 149 Å². The van der Waals surface area contributed by atoms with Crippen molar-refractivity contribution in [2.75, 3.05) is 0 Å². The summed E-state index contributed by atoms with van der Waals surface area (Å²) in [6.07, 6.45) is 3.14. The number of hydrazone groups is 1. The highest BCUT2D eigenvalue weighted by Gasteiger charge is 2.13. The van der Waals surface area contributed by atoms with Crippen LogP contribution in [-0.2, 0) is 11.3 Å². The molecule has 1 N–H and O–H groups in total. The summed E-state index contributed by atoms with van der Waals surface area (Å²) in [6.45, 7) is 3.82. The molecule has 8 heteroatoms. The molecule has 0 saturated carbocycles. The lowest BCUT2D eigenvalue weighted by Gasteiger charge is -2.03. The lowest BCUT2D eigenvalue weighted by atomic mass is 10.3. The Hall–Kier alpha value is -2.93. The van der Waals surface area contributed by atoms with Crippen LogP contribution in [0.3, 0.4) is 0 Å². The van der Waals surface area contributed by atoms with Gasteiger partial charge in [-0.05, 0) is 32.0 Å².